The van der Waals surface area contributed by atoms with Crippen molar-refractivity contribution in [2.24, 2.45) is 0 Å². The molecule has 2 aromatic carbocycles. The van der Waals surface area contributed by atoms with Gasteiger partial charge in [-0.2, -0.15) is 0 Å². The Labute approximate surface area is 172 Å². The minimum atomic E-state index is 0.0269. The molecule has 4 rings (SSSR count). The van der Waals surface area contributed by atoms with Gasteiger partial charge in [0.1, 0.15) is 18.1 Å². The molecular formula is C24H28N2O3. The van der Waals surface area contributed by atoms with Crippen LogP contribution in [0.3, 0.4) is 0 Å². The van der Waals surface area contributed by atoms with E-state index in [0.717, 1.165) is 43.1 Å². The Morgan fingerprint density at radius 3 is 2.83 bits per heavy atom. The van der Waals surface area contributed by atoms with Crippen LogP contribution in [-0.2, 0) is 4.79 Å². The first-order chi connectivity index (χ1) is 14.1. The first-order valence-corrected chi connectivity index (χ1v) is 10.2. The van der Waals surface area contributed by atoms with Crippen LogP contribution in [0.4, 0.5) is 0 Å². The average Bonchev–Trinajstić information content (AvgIpc) is 2.73. The zero-order valence-electron chi connectivity index (χ0n) is 17.1. The summed E-state index contributed by atoms with van der Waals surface area (Å²) in [6.45, 7) is 4.87. The largest absolute Gasteiger partial charge is 0.497 e. The molecule has 5 heteroatoms. The van der Waals surface area contributed by atoms with Crippen LogP contribution >= 0.6 is 0 Å². The van der Waals surface area contributed by atoms with Crippen molar-refractivity contribution in [1.82, 2.24) is 10.2 Å². The number of benzene rings is 2. The molecule has 0 radical (unpaired) electrons. The maximum Gasteiger partial charge on any atom is 0.217 e. The van der Waals surface area contributed by atoms with Crippen LogP contribution in [0.1, 0.15) is 30.4 Å². The normalized spacial score (nSPS) is 21.5. The average molecular weight is 392 g/mol. The lowest BCUT2D eigenvalue weighted by Gasteiger charge is -2.39. The van der Waals surface area contributed by atoms with Gasteiger partial charge in [0.2, 0.25) is 5.91 Å². The Hall–Kier alpha value is -2.79. The summed E-state index contributed by atoms with van der Waals surface area (Å²) in [6, 6.07) is 16.5. The molecule has 2 aliphatic rings. The molecule has 2 aliphatic heterocycles. The summed E-state index contributed by atoms with van der Waals surface area (Å²) < 4.78 is 11.3. The third-order valence-electron chi connectivity index (χ3n) is 5.73. The zero-order chi connectivity index (χ0) is 20.2. The fourth-order valence-electron chi connectivity index (χ4n) is 4.38. The van der Waals surface area contributed by atoms with E-state index >= 15 is 0 Å². The highest BCUT2D eigenvalue weighted by Crippen LogP contribution is 2.32. The number of nitrogens with one attached hydrogen (secondary N) is 1. The summed E-state index contributed by atoms with van der Waals surface area (Å²) in [4.78, 5) is 14.2. The van der Waals surface area contributed by atoms with Crippen molar-refractivity contribution in [2.75, 3.05) is 33.4 Å². The minimum Gasteiger partial charge on any atom is -0.497 e. The van der Waals surface area contributed by atoms with Crippen molar-refractivity contribution in [3.8, 4) is 11.5 Å². The molecule has 29 heavy (non-hydrogen) atoms. The number of likely N-dealkylation sites (tertiary alicyclic amines) is 1. The fourth-order valence-corrected chi connectivity index (χ4v) is 4.38. The van der Waals surface area contributed by atoms with Gasteiger partial charge in [0.05, 0.1) is 7.11 Å². The Bertz CT molecular complexity index is 894. The Morgan fingerprint density at radius 1 is 1.24 bits per heavy atom. The van der Waals surface area contributed by atoms with Crippen LogP contribution in [0.15, 0.2) is 54.1 Å². The van der Waals surface area contributed by atoms with E-state index in [4.69, 9.17) is 9.47 Å². The molecule has 1 N–H and O–H groups in total. The lowest BCUT2D eigenvalue weighted by atomic mass is 9.85. The quantitative estimate of drug-likeness (QED) is 0.847. The third-order valence-corrected chi connectivity index (χ3v) is 5.73. The van der Waals surface area contributed by atoms with Crippen molar-refractivity contribution in [1.29, 1.82) is 0 Å². The first kappa shape index (κ1) is 19.5. The highest BCUT2D eigenvalue weighted by atomic mass is 16.5. The van der Waals surface area contributed by atoms with Crippen molar-refractivity contribution in [2.45, 2.75) is 25.3 Å². The standard InChI is InChI=1S/C24H28N2O3/c1-17(27)25-23-15-26(11-10-22(23)19-6-4-3-5-7-19)14-18-12-20-13-21(28-2)8-9-24(20)29-16-18/h3-9,12-13,22-23H,10-11,14-16H2,1-2H3,(H,25,27)/t22-,23+/m0/s1. The molecule has 2 heterocycles. The number of nitrogens with zero attached hydrogens (tertiary/aromatic N) is 1. The van der Waals surface area contributed by atoms with Gasteiger partial charge in [-0.05, 0) is 48.4 Å². The molecule has 1 fully saturated rings. The molecule has 0 saturated carbocycles. The molecule has 1 saturated heterocycles. The number of hydrogen-bond donors (Lipinski definition) is 1. The molecule has 1 amide bonds. The summed E-state index contributed by atoms with van der Waals surface area (Å²) in [5, 5.41) is 3.18. The SMILES string of the molecule is COc1ccc2c(c1)C=C(CN1CC[C@@H](c3ccccc3)[C@H](NC(C)=O)C1)CO2. The van der Waals surface area contributed by atoms with Crippen LogP contribution in [0, 0.1) is 0 Å². The van der Waals surface area contributed by atoms with Crippen LogP contribution < -0.4 is 14.8 Å². The van der Waals surface area contributed by atoms with Crippen LogP contribution in [0.2, 0.25) is 0 Å². The topological polar surface area (TPSA) is 50.8 Å². The summed E-state index contributed by atoms with van der Waals surface area (Å²) in [6.07, 6.45) is 3.23. The minimum absolute atomic E-state index is 0.0269. The number of carbonyl (C=O) groups excluding carboxylic acids is 1. The Balaban J connectivity index is 1.47. The lowest BCUT2D eigenvalue weighted by Crippen LogP contribution is -2.51. The number of rotatable bonds is 5. The van der Waals surface area contributed by atoms with Gasteiger partial charge in [0.15, 0.2) is 0 Å². The van der Waals surface area contributed by atoms with Gasteiger partial charge in [-0.15, -0.1) is 0 Å². The second kappa shape index (κ2) is 8.70. The summed E-state index contributed by atoms with van der Waals surface area (Å²) in [5.74, 6) is 2.10. The summed E-state index contributed by atoms with van der Waals surface area (Å²) in [7, 11) is 1.68. The monoisotopic (exact) mass is 392 g/mol. The van der Waals surface area contributed by atoms with Gasteiger partial charge in [0, 0.05) is 37.5 Å². The first-order valence-electron chi connectivity index (χ1n) is 10.2. The van der Waals surface area contributed by atoms with Gasteiger partial charge in [-0.1, -0.05) is 30.3 Å². The van der Waals surface area contributed by atoms with Crippen LogP contribution in [-0.4, -0.2) is 50.2 Å². The molecule has 2 atom stereocenters. The van der Waals surface area contributed by atoms with E-state index in [1.54, 1.807) is 14.0 Å². The molecule has 0 bridgehead atoms. The number of methoxy groups -OCH3 is 1. The van der Waals surface area contributed by atoms with Crippen molar-refractivity contribution in [3.63, 3.8) is 0 Å². The molecule has 0 aliphatic carbocycles. The Morgan fingerprint density at radius 2 is 2.07 bits per heavy atom. The molecule has 0 unspecified atom stereocenters. The van der Waals surface area contributed by atoms with Gasteiger partial charge >= 0.3 is 0 Å². The second-order valence-corrected chi connectivity index (χ2v) is 7.84. The number of carbonyl (C=O) groups is 1. The van der Waals surface area contributed by atoms with E-state index in [1.165, 1.54) is 11.1 Å². The van der Waals surface area contributed by atoms with E-state index in [-0.39, 0.29) is 11.9 Å². The number of fused-ring (bicyclic) bond motifs is 1. The Kier molecular flexibility index (Phi) is 5.86. The molecule has 5 nitrogen and oxygen atoms in total. The number of hydrogen-bond acceptors (Lipinski definition) is 4. The molecule has 152 valence electrons. The predicted molar refractivity (Wildman–Crippen MR) is 114 cm³/mol. The van der Waals surface area contributed by atoms with Crippen LogP contribution in [0.25, 0.3) is 6.08 Å². The van der Waals surface area contributed by atoms with Crippen molar-refractivity contribution in [3.05, 3.63) is 65.2 Å². The smallest absolute Gasteiger partial charge is 0.217 e. The summed E-state index contributed by atoms with van der Waals surface area (Å²) in [5.41, 5.74) is 3.60. The predicted octanol–water partition coefficient (Wildman–Crippen LogP) is 3.47. The third kappa shape index (κ3) is 4.62. The van der Waals surface area contributed by atoms with Gasteiger partial charge in [0.25, 0.3) is 0 Å². The highest BCUT2D eigenvalue weighted by Gasteiger charge is 2.31. The van der Waals surface area contributed by atoms with E-state index in [2.05, 4.69) is 40.6 Å². The van der Waals surface area contributed by atoms with E-state index in [1.807, 2.05) is 24.3 Å². The van der Waals surface area contributed by atoms with Crippen LogP contribution in [0.5, 0.6) is 11.5 Å². The number of piperidine rings is 1. The van der Waals surface area contributed by atoms with Gasteiger partial charge in [-0.25, -0.2) is 0 Å². The van der Waals surface area contributed by atoms with Gasteiger partial charge in [-0.3, -0.25) is 9.69 Å². The number of ether oxygens (including phenoxy) is 2. The van der Waals surface area contributed by atoms with Gasteiger partial charge < -0.3 is 14.8 Å². The van der Waals surface area contributed by atoms with Crippen molar-refractivity contribution >= 4 is 12.0 Å². The highest BCUT2D eigenvalue weighted by molar-refractivity contribution is 5.73. The van der Waals surface area contributed by atoms with Crippen molar-refractivity contribution < 1.29 is 14.3 Å². The molecule has 0 aromatic heterocycles. The molecular weight excluding hydrogens is 364 g/mol. The van der Waals surface area contributed by atoms with E-state index in [0.29, 0.717) is 12.5 Å². The maximum absolute atomic E-state index is 11.8. The van der Waals surface area contributed by atoms with E-state index in [9.17, 15) is 4.79 Å². The molecule has 0 spiro atoms. The fraction of sp³-hybridized carbons (Fsp3) is 0.375. The number of amides is 1. The van der Waals surface area contributed by atoms with E-state index < -0.39 is 0 Å². The molecule has 2 aromatic rings. The maximum atomic E-state index is 11.8. The second-order valence-electron chi connectivity index (χ2n) is 7.84. The lowest BCUT2D eigenvalue weighted by molar-refractivity contribution is -0.120. The zero-order valence-corrected chi connectivity index (χ0v) is 17.1. The summed E-state index contributed by atoms with van der Waals surface area (Å²) >= 11 is 0.